The van der Waals surface area contributed by atoms with E-state index < -0.39 is 0 Å². The Morgan fingerprint density at radius 2 is 2.40 bits per heavy atom. The van der Waals surface area contributed by atoms with Crippen LogP contribution >= 0.6 is 0 Å². The Hall–Kier alpha value is -1.60. The molecule has 0 bridgehead atoms. The lowest BCUT2D eigenvalue weighted by molar-refractivity contribution is 0.229. The maximum atomic E-state index is 8.40. The Balaban J connectivity index is 2.65. The van der Waals surface area contributed by atoms with Crippen LogP contribution in [0.15, 0.2) is 18.3 Å². The molecule has 0 amide bonds. The molecule has 80 valence electrons. The van der Waals surface area contributed by atoms with Gasteiger partial charge in [-0.15, -0.1) is 0 Å². The van der Waals surface area contributed by atoms with Gasteiger partial charge in [0.2, 0.25) is 5.88 Å². The topological polar surface area (TPSA) is 57.9 Å². The van der Waals surface area contributed by atoms with Gasteiger partial charge >= 0.3 is 0 Å². The van der Waals surface area contributed by atoms with Crippen molar-refractivity contribution in [3.05, 3.63) is 23.9 Å². The van der Waals surface area contributed by atoms with Gasteiger partial charge in [-0.1, -0.05) is 6.07 Å². The number of nitriles is 1. The molecule has 1 heterocycles. The number of ether oxygens (including phenoxy) is 1. The summed E-state index contributed by atoms with van der Waals surface area (Å²) in [7, 11) is 0. The Morgan fingerprint density at radius 3 is 3.07 bits per heavy atom. The van der Waals surface area contributed by atoms with Gasteiger partial charge in [0.1, 0.15) is 0 Å². The fourth-order valence-corrected chi connectivity index (χ4v) is 1.14. The standard InChI is InChI=1S/C11H15N3O/c1-9(2)15-11-10(4-3-6-14-11)8-13-7-5-12/h3-4,6,9,13H,7-8H2,1-2H3. The summed E-state index contributed by atoms with van der Waals surface area (Å²) in [6.45, 7) is 4.85. The van der Waals surface area contributed by atoms with Gasteiger partial charge < -0.3 is 10.1 Å². The molecule has 0 saturated heterocycles. The highest BCUT2D eigenvalue weighted by atomic mass is 16.5. The lowest BCUT2D eigenvalue weighted by Crippen LogP contribution is -2.16. The van der Waals surface area contributed by atoms with Crippen molar-refractivity contribution in [3.63, 3.8) is 0 Å². The second kappa shape index (κ2) is 5.99. The smallest absolute Gasteiger partial charge is 0.218 e. The zero-order valence-electron chi connectivity index (χ0n) is 9.03. The van der Waals surface area contributed by atoms with Crippen molar-refractivity contribution in [2.45, 2.75) is 26.5 Å². The molecule has 0 fully saturated rings. The molecular formula is C11H15N3O. The molecule has 0 saturated carbocycles. The van der Waals surface area contributed by atoms with Crippen molar-refractivity contribution in [1.29, 1.82) is 5.26 Å². The van der Waals surface area contributed by atoms with Crippen LogP contribution in [0, 0.1) is 11.3 Å². The molecule has 4 nitrogen and oxygen atoms in total. The van der Waals surface area contributed by atoms with Gasteiger partial charge in [0, 0.05) is 18.3 Å². The van der Waals surface area contributed by atoms with Crippen molar-refractivity contribution >= 4 is 0 Å². The Labute approximate surface area is 89.9 Å². The molecule has 0 spiro atoms. The van der Waals surface area contributed by atoms with E-state index in [4.69, 9.17) is 10.00 Å². The van der Waals surface area contributed by atoms with Crippen LogP contribution in [0.5, 0.6) is 5.88 Å². The average molecular weight is 205 g/mol. The highest BCUT2D eigenvalue weighted by Crippen LogP contribution is 2.15. The molecule has 15 heavy (non-hydrogen) atoms. The third-order valence-corrected chi connectivity index (χ3v) is 1.72. The Kier molecular flexibility index (Phi) is 4.58. The zero-order chi connectivity index (χ0) is 11.1. The molecule has 0 aliphatic rings. The van der Waals surface area contributed by atoms with E-state index in [0.29, 0.717) is 19.0 Å². The Morgan fingerprint density at radius 1 is 1.60 bits per heavy atom. The summed E-state index contributed by atoms with van der Waals surface area (Å²) >= 11 is 0. The van der Waals surface area contributed by atoms with Crippen LogP contribution < -0.4 is 10.1 Å². The largest absolute Gasteiger partial charge is 0.475 e. The predicted molar refractivity (Wildman–Crippen MR) is 57.3 cm³/mol. The quantitative estimate of drug-likeness (QED) is 0.584. The second-order valence-corrected chi connectivity index (χ2v) is 3.40. The summed E-state index contributed by atoms with van der Waals surface area (Å²) in [5, 5.41) is 11.4. The SMILES string of the molecule is CC(C)Oc1ncccc1CNCC#N. The van der Waals surface area contributed by atoms with Crippen LogP contribution in [-0.4, -0.2) is 17.6 Å². The molecule has 0 radical (unpaired) electrons. The van der Waals surface area contributed by atoms with Crippen molar-refractivity contribution < 1.29 is 4.74 Å². The number of nitrogens with one attached hydrogen (secondary N) is 1. The van der Waals surface area contributed by atoms with Crippen LogP contribution in [0.25, 0.3) is 0 Å². The van der Waals surface area contributed by atoms with Crippen LogP contribution in [0.4, 0.5) is 0 Å². The first-order valence-corrected chi connectivity index (χ1v) is 4.92. The minimum absolute atomic E-state index is 0.106. The molecule has 0 aliphatic heterocycles. The van der Waals surface area contributed by atoms with Crippen LogP contribution in [0.1, 0.15) is 19.4 Å². The van der Waals surface area contributed by atoms with E-state index >= 15 is 0 Å². The van der Waals surface area contributed by atoms with Gasteiger partial charge in [0.25, 0.3) is 0 Å². The van der Waals surface area contributed by atoms with Gasteiger partial charge in [-0.05, 0) is 19.9 Å². The van der Waals surface area contributed by atoms with Crippen molar-refractivity contribution in [3.8, 4) is 11.9 Å². The minimum atomic E-state index is 0.106. The van der Waals surface area contributed by atoms with E-state index in [1.165, 1.54) is 0 Å². The highest BCUT2D eigenvalue weighted by molar-refractivity contribution is 5.25. The molecule has 1 aromatic rings. The summed E-state index contributed by atoms with van der Waals surface area (Å²) in [6, 6.07) is 5.82. The van der Waals surface area contributed by atoms with Crippen LogP contribution in [0.3, 0.4) is 0 Å². The lowest BCUT2D eigenvalue weighted by atomic mass is 10.2. The van der Waals surface area contributed by atoms with E-state index in [1.807, 2.05) is 32.0 Å². The normalized spacial score (nSPS) is 10.0. The van der Waals surface area contributed by atoms with Gasteiger partial charge in [0.15, 0.2) is 0 Å². The van der Waals surface area contributed by atoms with E-state index in [-0.39, 0.29) is 6.10 Å². The second-order valence-electron chi connectivity index (χ2n) is 3.40. The monoisotopic (exact) mass is 205 g/mol. The van der Waals surface area contributed by atoms with Crippen molar-refractivity contribution in [2.75, 3.05) is 6.54 Å². The van der Waals surface area contributed by atoms with Crippen molar-refractivity contribution in [1.82, 2.24) is 10.3 Å². The van der Waals surface area contributed by atoms with Crippen LogP contribution in [0.2, 0.25) is 0 Å². The van der Waals surface area contributed by atoms with E-state index in [0.717, 1.165) is 5.56 Å². The number of pyridine rings is 1. The zero-order valence-corrected chi connectivity index (χ0v) is 9.03. The third-order valence-electron chi connectivity index (χ3n) is 1.72. The first-order chi connectivity index (χ1) is 7.24. The van der Waals surface area contributed by atoms with E-state index in [1.54, 1.807) is 6.20 Å². The summed E-state index contributed by atoms with van der Waals surface area (Å²) in [5.41, 5.74) is 0.974. The molecule has 1 rings (SSSR count). The summed E-state index contributed by atoms with van der Waals surface area (Å²) < 4.78 is 5.54. The first-order valence-electron chi connectivity index (χ1n) is 4.92. The van der Waals surface area contributed by atoms with Gasteiger partial charge in [-0.25, -0.2) is 4.98 Å². The molecule has 0 aromatic carbocycles. The lowest BCUT2D eigenvalue weighted by Gasteiger charge is -2.12. The molecule has 1 N–H and O–H groups in total. The van der Waals surface area contributed by atoms with Crippen LogP contribution in [-0.2, 0) is 6.54 Å². The molecular weight excluding hydrogens is 190 g/mol. The summed E-state index contributed by atoms with van der Waals surface area (Å²) in [4.78, 5) is 4.15. The number of hydrogen-bond acceptors (Lipinski definition) is 4. The molecule has 0 unspecified atom stereocenters. The van der Waals surface area contributed by atoms with Gasteiger partial charge in [-0.3, -0.25) is 0 Å². The predicted octanol–water partition coefficient (Wildman–Crippen LogP) is 1.48. The van der Waals surface area contributed by atoms with Gasteiger partial charge in [0.05, 0.1) is 18.7 Å². The number of aromatic nitrogens is 1. The Bertz CT molecular complexity index is 344. The molecule has 4 heteroatoms. The third kappa shape index (κ3) is 3.96. The number of nitrogens with zero attached hydrogens (tertiary/aromatic N) is 2. The highest BCUT2D eigenvalue weighted by Gasteiger charge is 2.05. The molecule has 1 aromatic heterocycles. The first kappa shape index (κ1) is 11.5. The van der Waals surface area contributed by atoms with E-state index in [2.05, 4.69) is 10.3 Å². The fraction of sp³-hybridized carbons (Fsp3) is 0.455. The average Bonchev–Trinajstić information content (AvgIpc) is 2.20. The number of hydrogen-bond donors (Lipinski definition) is 1. The summed E-state index contributed by atoms with van der Waals surface area (Å²) in [5.74, 6) is 0.637. The molecule has 0 atom stereocenters. The maximum Gasteiger partial charge on any atom is 0.218 e. The number of rotatable bonds is 5. The molecule has 0 aliphatic carbocycles. The summed E-state index contributed by atoms with van der Waals surface area (Å²) in [6.07, 6.45) is 1.81. The maximum absolute atomic E-state index is 8.40. The van der Waals surface area contributed by atoms with Crippen molar-refractivity contribution in [2.24, 2.45) is 0 Å². The van der Waals surface area contributed by atoms with E-state index in [9.17, 15) is 0 Å². The minimum Gasteiger partial charge on any atom is -0.475 e. The van der Waals surface area contributed by atoms with Gasteiger partial charge in [-0.2, -0.15) is 5.26 Å². The fourth-order valence-electron chi connectivity index (χ4n) is 1.14.